The average molecular weight is 508 g/mol. The molecule has 0 bridgehead atoms. The number of amides is 1. The van der Waals surface area contributed by atoms with E-state index in [0.29, 0.717) is 28.1 Å². The molecule has 14 heteroatoms. The van der Waals surface area contributed by atoms with Gasteiger partial charge < -0.3 is 15.2 Å². The first-order valence-corrected chi connectivity index (χ1v) is 12.2. The molecule has 1 saturated heterocycles. The van der Waals surface area contributed by atoms with Crippen molar-refractivity contribution < 1.29 is 19.1 Å². The molecule has 4 rings (SSSR count). The maximum Gasteiger partial charge on any atom is 0.361 e. The van der Waals surface area contributed by atoms with Gasteiger partial charge in [-0.25, -0.2) is 14.5 Å². The van der Waals surface area contributed by atoms with Crippen molar-refractivity contribution in [3.05, 3.63) is 34.7 Å². The Labute approximate surface area is 203 Å². The first kappa shape index (κ1) is 23.6. The Bertz CT molecular complexity index is 1150. The van der Waals surface area contributed by atoms with E-state index in [1.165, 1.54) is 40.2 Å². The van der Waals surface area contributed by atoms with Crippen molar-refractivity contribution in [2.24, 2.45) is 12.8 Å². The molecule has 0 spiro atoms. The van der Waals surface area contributed by atoms with E-state index in [1.807, 2.05) is 6.92 Å². The number of thioether (sulfide) groups is 2. The quantitative estimate of drug-likeness (QED) is 0.232. The molecular weight excluding hydrogens is 486 g/mol. The number of ether oxygens (including phenoxy) is 2. The van der Waals surface area contributed by atoms with Crippen LogP contribution in [0.4, 0.5) is 0 Å². The summed E-state index contributed by atoms with van der Waals surface area (Å²) in [7, 11) is 3.21. The van der Waals surface area contributed by atoms with Crippen molar-refractivity contribution in [3.8, 4) is 5.88 Å². The fourth-order valence-corrected chi connectivity index (χ4v) is 5.96. The summed E-state index contributed by atoms with van der Waals surface area (Å²) in [6.45, 7) is 1.87. The van der Waals surface area contributed by atoms with Gasteiger partial charge in [0.15, 0.2) is 6.10 Å². The number of thiocarbonyl (C=S) groups is 1. The number of nitrogens with two attached hydrogens (primary N) is 1. The number of carbonyl (C=O) groups excluding carboxylic acids is 2. The number of aryl methyl sites for hydroxylation is 2. The van der Waals surface area contributed by atoms with Gasteiger partial charge in [-0.1, -0.05) is 24.0 Å². The Morgan fingerprint density at radius 1 is 1.45 bits per heavy atom. The number of fused-ring (bicyclic) bond motifs is 1. The first-order valence-electron chi connectivity index (χ1n) is 9.80. The zero-order valence-electron chi connectivity index (χ0n) is 18.0. The third-order valence-corrected chi connectivity index (χ3v) is 7.71. The van der Waals surface area contributed by atoms with E-state index in [2.05, 4.69) is 20.5 Å². The summed E-state index contributed by atoms with van der Waals surface area (Å²) in [5.74, 6) is 0.113. The summed E-state index contributed by atoms with van der Waals surface area (Å²) in [6, 6.07) is 1.64. The van der Waals surface area contributed by atoms with Crippen molar-refractivity contribution in [1.82, 2.24) is 30.1 Å². The normalized spacial score (nSPS) is 19.8. The lowest BCUT2D eigenvalue weighted by Crippen LogP contribution is -2.65. The van der Waals surface area contributed by atoms with Gasteiger partial charge in [0, 0.05) is 44.3 Å². The highest BCUT2D eigenvalue weighted by Crippen LogP contribution is 2.42. The molecule has 11 nitrogen and oxygen atoms in total. The topological polar surface area (TPSA) is 138 Å². The van der Waals surface area contributed by atoms with Crippen LogP contribution in [0.1, 0.15) is 11.1 Å². The molecule has 0 unspecified atom stereocenters. The van der Waals surface area contributed by atoms with Crippen LogP contribution in [0.15, 0.2) is 28.7 Å². The molecule has 0 radical (unpaired) electrons. The smallest absolute Gasteiger partial charge is 0.361 e. The number of esters is 1. The summed E-state index contributed by atoms with van der Waals surface area (Å²) in [4.78, 5) is 32.0. The fraction of sp³-hybridized carbons (Fsp3) is 0.421. The van der Waals surface area contributed by atoms with Gasteiger partial charge in [-0.05, 0) is 34.1 Å². The molecule has 2 atom stereocenters. The van der Waals surface area contributed by atoms with Crippen molar-refractivity contribution in [1.29, 1.82) is 0 Å². The maximum absolute atomic E-state index is 13.3. The van der Waals surface area contributed by atoms with E-state index in [0.717, 1.165) is 16.7 Å². The molecule has 174 valence electrons. The van der Waals surface area contributed by atoms with Crippen LogP contribution in [-0.2, 0) is 27.8 Å². The van der Waals surface area contributed by atoms with Gasteiger partial charge in [0.2, 0.25) is 11.0 Å². The number of carbonyl (C=O) groups is 2. The van der Waals surface area contributed by atoms with E-state index in [1.54, 1.807) is 19.3 Å². The Balaban J connectivity index is 1.61. The number of pyridine rings is 1. The molecule has 2 aromatic heterocycles. The number of β-lactam (4-membered cyclic amide) rings is 1. The van der Waals surface area contributed by atoms with Gasteiger partial charge in [-0.15, -0.1) is 16.9 Å². The van der Waals surface area contributed by atoms with Crippen LogP contribution in [0.2, 0.25) is 0 Å². The van der Waals surface area contributed by atoms with E-state index >= 15 is 0 Å². The van der Waals surface area contributed by atoms with Gasteiger partial charge >= 0.3 is 5.97 Å². The average Bonchev–Trinajstić information content (AvgIpc) is 3.18. The number of tetrazole rings is 1. The van der Waals surface area contributed by atoms with Crippen LogP contribution in [0.3, 0.4) is 0 Å². The Hall–Kier alpha value is -2.55. The fourth-order valence-electron chi connectivity index (χ4n) is 3.45. The molecule has 33 heavy (non-hydrogen) atoms. The molecule has 0 aliphatic carbocycles. The number of hydrogen-bond donors (Lipinski definition) is 1. The second-order valence-electron chi connectivity index (χ2n) is 7.37. The van der Waals surface area contributed by atoms with Gasteiger partial charge in [0.05, 0.1) is 4.99 Å². The standard InChI is InChI=1S/C19H21N7O4S3/c1-9-6-21-13(5-10(9)4-12(20)31)30-18(28)14-11(8-33-19-22-23-24-25(19)2)7-32-17-15(29-3)16(27)26(14)17/h5-6,15,17H,4,7-8H2,1-3H3,(H2,20,31)/t15-,17-/m0/s1. The molecule has 2 aliphatic heterocycles. The summed E-state index contributed by atoms with van der Waals surface area (Å²) in [5.41, 5.74) is 8.31. The van der Waals surface area contributed by atoms with Gasteiger partial charge in [-0.2, -0.15) is 0 Å². The Morgan fingerprint density at radius 2 is 2.24 bits per heavy atom. The molecule has 0 saturated carbocycles. The number of aromatic nitrogens is 5. The van der Waals surface area contributed by atoms with Crippen LogP contribution in [0.25, 0.3) is 0 Å². The van der Waals surface area contributed by atoms with Gasteiger partial charge in [0.25, 0.3) is 5.91 Å². The minimum absolute atomic E-state index is 0.111. The lowest BCUT2D eigenvalue weighted by atomic mass is 10.1. The lowest BCUT2D eigenvalue weighted by Gasteiger charge is -2.48. The van der Waals surface area contributed by atoms with E-state index < -0.39 is 12.1 Å². The minimum Gasteiger partial charge on any atom is -0.403 e. The van der Waals surface area contributed by atoms with Crippen molar-refractivity contribution in [2.45, 2.75) is 30.0 Å². The molecule has 2 aliphatic rings. The second kappa shape index (κ2) is 9.75. The summed E-state index contributed by atoms with van der Waals surface area (Å²) >= 11 is 7.90. The molecule has 4 heterocycles. The summed E-state index contributed by atoms with van der Waals surface area (Å²) in [6.07, 6.45) is 1.37. The van der Waals surface area contributed by atoms with Gasteiger partial charge in [-0.3, -0.25) is 9.69 Å². The highest BCUT2D eigenvalue weighted by molar-refractivity contribution is 8.01. The third kappa shape index (κ3) is 4.74. The Morgan fingerprint density at radius 3 is 2.91 bits per heavy atom. The van der Waals surface area contributed by atoms with Crippen LogP contribution in [0.5, 0.6) is 5.88 Å². The predicted molar refractivity (Wildman–Crippen MR) is 126 cm³/mol. The lowest BCUT2D eigenvalue weighted by molar-refractivity contribution is -0.161. The number of methoxy groups -OCH3 is 1. The molecule has 0 aromatic carbocycles. The highest BCUT2D eigenvalue weighted by Gasteiger charge is 2.54. The van der Waals surface area contributed by atoms with Crippen LogP contribution < -0.4 is 10.5 Å². The SMILES string of the molecule is CO[C@H]1C(=O)N2C(C(=O)Oc3cc(CC(N)=S)c(C)cn3)=C(CSc3nnnn3C)CS[C@@H]12. The second-order valence-corrected chi connectivity index (χ2v) is 9.95. The van der Waals surface area contributed by atoms with Crippen LogP contribution >= 0.6 is 35.7 Å². The largest absolute Gasteiger partial charge is 0.403 e. The van der Waals surface area contributed by atoms with Crippen molar-refractivity contribution in [3.63, 3.8) is 0 Å². The summed E-state index contributed by atoms with van der Waals surface area (Å²) < 4.78 is 12.4. The van der Waals surface area contributed by atoms with Crippen LogP contribution in [0, 0.1) is 6.92 Å². The van der Waals surface area contributed by atoms with Crippen molar-refractivity contribution in [2.75, 3.05) is 18.6 Å². The first-order chi connectivity index (χ1) is 15.8. The van der Waals surface area contributed by atoms with E-state index in [4.69, 9.17) is 27.4 Å². The van der Waals surface area contributed by atoms with Crippen LogP contribution in [-0.4, -0.2) is 77.0 Å². The maximum atomic E-state index is 13.3. The number of hydrogen-bond acceptors (Lipinski definition) is 11. The molecule has 2 N–H and O–H groups in total. The van der Waals surface area contributed by atoms with E-state index in [-0.39, 0.29) is 22.9 Å². The van der Waals surface area contributed by atoms with Gasteiger partial charge in [0.1, 0.15) is 11.1 Å². The van der Waals surface area contributed by atoms with E-state index in [9.17, 15) is 9.59 Å². The van der Waals surface area contributed by atoms with Crippen molar-refractivity contribution >= 4 is 52.6 Å². The predicted octanol–water partition coefficient (Wildman–Crippen LogP) is 0.624. The number of rotatable bonds is 8. The minimum atomic E-state index is -0.660. The zero-order chi connectivity index (χ0) is 23.7. The molecule has 1 fully saturated rings. The summed E-state index contributed by atoms with van der Waals surface area (Å²) in [5, 5.41) is 11.7. The zero-order valence-corrected chi connectivity index (χ0v) is 20.5. The number of nitrogens with zero attached hydrogens (tertiary/aromatic N) is 6. The molecule has 1 amide bonds. The highest BCUT2D eigenvalue weighted by atomic mass is 32.2. The Kier molecular flexibility index (Phi) is 6.97. The molecular formula is C19H21N7O4S3. The third-order valence-electron chi connectivity index (χ3n) is 5.15. The molecule has 2 aromatic rings. The monoisotopic (exact) mass is 507 g/mol.